The molecule has 1 heterocycles. The van der Waals surface area contributed by atoms with E-state index in [1.165, 1.54) is 13.1 Å². The fourth-order valence-corrected chi connectivity index (χ4v) is 1.82. The predicted molar refractivity (Wildman–Crippen MR) is 33.5 cm³/mol. The van der Waals surface area contributed by atoms with Crippen LogP contribution in [0.1, 0.15) is 0 Å². The van der Waals surface area contributed by atoms with Crippen molar-refractivity contribution in [2.24, 2.45) is 17.8 Å². The number of nitrogens with one attached hydrogen (secondary N) is 1. The van der Waals surface area contributed by atoms with E-state index >= 15 is 0 Å². The van der Waals surface area contributed by atoms with E-state index in [4.69, 9.17) is 0 Å². The van der Waals surface area contributed by atoms with Crippen molar-refractivity contribution in [1.82, 2.24) is 5.32 Å². The van der Waals surface area contributed by atoms with Gasteiger partial charge in [0.15, 0.2) is 0 Å². The first-order valence-electron chi connectivity index (χ1n) is 3.27. The van der Waals surface area contributed by atoms with Crippen LogP contribution in [0.25, 0.3) is 0 Å². The van der Waals surface area contributed by atoms with Gasteiger partial charge in [0.05, 0.1) is 0 Å². The Bertz CT molecular complexity index is 110. The molecule has 2 fully saturated rings. The molecule has 2 aliphatic rings. The van der Waals surface area contributed by atoms with E-state index in [0.717, 1.165) is 17.8 Å². The van der Waals surface area contributed by atoms with Gasteiger partial charge in [0.2, 0.25) is 0 Å². The van der Waals surface area contributed by atoms with Crippen LogP contribution in [0.3, 0.4) is 0 Å². The molecule has 3 atom stereocenters. The number of rotatable bonds is 1. The van der Waals surface area contributed by atoms with Crippen LogP contribution in [0.4, 0.5) is 0 Å². The fourth-order valence-electron chi connectivity index (χ4n) is 1.82. The van der Waals surface area contributed by atoms with Gasteiger partial charge in [-0.05, 0) is 30.8 Å². The van der Waals surface area contributed by atoms with E-state index in [1.807, 2.05) is 0 Å². The van der Waals surface area contributed by atoms with Gasteiger partial charge in [-0.25, -0.2) is 0 Å². The third-order valence-corrected chi connectivity index (χ3v) is 2.43. The maximum absolute atomic E-state index is 3.78. The van der Waals surface area contributed by atoms with Crippen LogP contribution < -0.4 is 5.32 Å². The van der Waals surface area contributed by atoms with Gasteiger partial charge in [-0.15, -0.1) is 6.58 Å². The summed E-state index contributed by atoms with van der Waals surface area (Å²) in [6.07, 6.45) is 2.11. The maximum atomic E-state index is 3.78. The Balaban J connectivity index is 2.03. The molecule has 1 saturated heterocycles. The summed E-state index contributed by atoms with van der Waals surface area (Å²) in [5.41, 5.74) is 0. The lowest BCUT2D eigenvalue weighted by Crippen LogP contribution is -2.13. The maximum Gasteiger partial charge on any atom is -0.00113 e. The molecular weight excluding hydrogens is 98.1 g/mol. The van der Waals surface area contributed by atoms with Crippen molar-refractivity contribution in [3.63, 3.8) is 0 Å². The molecular formula is C7H11N. The Morgan fingerprint density at radius 2 is 2.00 bits per heavy atom. The van der Waals surface area contributed by atoms with Gasteiger partial charge in [0.25, 0.3) is 0 Å². The van der Waals surface area contributed by atoms with E-state index in [9.17, 15) is 0 Å². The minimum absolute atomic E-state index is 0.872. The summed E-state index contributed by atoms with van der Waals surface area (Å²) in [7, 11) is 0. The molecule has 8 heavy (non-hydrogen) atoms. The summed E-state index contributed by atoms with van der Waals surface area (Å²) in [5.74, 6) is 2.80. The molecule has 0 aromatic carbocycles. The largest absolute Gasteiger partial charge is 0.316 e. The Morgan fingerprint density at radius 3 is 2.38 bits per heavy atom. The first kappa shape index (κ1) is 4.57. The lowest BCUT2D eigenvalue weighted by Gasteiger charge is -1.95. The van der Waals surface area contributed by atoms with Gasteiger partial charge in [-0.2, -0.15) is 0 Å². The number of fused-ring (bicyclic) bond motifs is 1. The van der Waals surface area contributed by atoms with Crippen molar-refractivity contribution >= 4 is 0 Å². The molecule has 1 nitrogen and oxygen atoms in total. The molecule has 1 aliphatic heterocycles. The normalized spacial score (nSPS) is 50.8. The van der Waals surface area contributed by atoms with Crippen LogP contribution in [-0.2, 0) is 0 Å². The average molecular weight is 109 g/mol. The summed E-state index contributed by atoms with van der Waals surface area (Å²) in [5, 5.41) is 3.34. The van der Waals surface area contributed by atoms with Crippen LogP contribution >= 0.6 is 0 Å². The zero-order chi connectivity index (χ0) is 5.56. The van der Waals surface area contributed by atoms with Crippen LogP contribution in [0.2, 0.25) is 0 Å². The molecule has 1 aliphatic carbocycles. The molecule has 0 bridgehead atoms. The summed E-state index contributed by atoms with van der Waals surface area (Å²) in [6.45, 7) is 6.25. The minimum atomic E-state index is 0.872. The molecule has 1 heteroatoms. The number of allylic oxidation sites excluding steroid dienone is 1. The molecule has 1 N–H and O–H groups in total. The highest BCUT2D eigenvalue weighted by molar-refractivity contribution is 5.10. The first-order valence-corrected chi connectivity index (χ1v) is 3.27. The molecule has 0 radical (unpaired) electrons. The zero-order valence-corrected chi connectivity index (χ0v) is 4.93. The van der Waals surface area contributed by atoms with Crippen molar-refractivity contribution in [2.75, 3.05) is 13.1 Å². The first-order chi connectivity index (χ1) is 3.93. The van der Waals surface area contributed by atoms with Crippen molar-refractivity contribution in [1.29, 1.82) is 0 Å². The van der Waals surface area contributed by atoms with Gasteiger partial charge in [0.1, 0.15) is 0 Å². The van der Waals surface area contributed by atoms with Gasteiger partial charge in [0, 0.05) is 0 Å². The summed E-state index contributed by atoms with van der Waals surface area (Å²) < 4.78 is 0. The average Bonchev–Trinajstić information content (AvgIpc) is 2.22. The van der Waals surface area contributed by atoms with Gasteiger partial charge in [-0.3, -0.25) is 0 Å². The Kier molecular flexibility index (Phi) is 0.770. The minimum Gasteiger partial charge on any atom is -0.316 e. The highest BCUT2D eigenvalue weighted by Gasteiger charge is 2.50. The predicted octanol–water partition coefficient (Wildman–Crippen LogP) is 0.638. The lowest BCUT2D eigenvalue weighted by molar-refractivity contribution is 0.670. The number of hydrogen-bond acceptors (Lipinski definition) is 1. The lowest BCUT2D eigenvalue weighted by atomic mass is 10.3. The second-order valence-electron chi connectivity index (χ2n) is 2.80. The zero-order valence-electron chi connectivity index (χ0n) is 4.93. The number of piperidine rings is 1. The summed E-state index contributed by atoms with van der Waals surface area (Å²) >= 11 is 0. The van der Waals surface area contributed by atoms with E-state index in [0.29, 0.717) is 0 Å². The van der Waals surface area contributed by atoms with Crippen LogP contribution in [-0.4, -0.2) is 13.1 Å². The van der Waals surface area contributed by atoms with E-state index in [-0.39, 0.29) is 0 Å². The second kappa shape index (κ2) is 1.35. The molecule has 2 rings (SSSR count). The molecule has 0 amide bonds. The summed E-state index contributed by atoms with van der Waals surface area (Å²) in [6, 6.07) is 0. The molecule has 44 valence electrons. The molecule has 0 aromatic rings. The molecule has 1 saturated carbocycles. The Morgan fingerprint density at radius 1 is 1.38 bits per heavy atom. The highest BCUT2D eigenvalue weighted by Crippen LogP contribution is 2.48. The standard InChI is InChI=1S/C7H11N/c1-2-5-6-3-8-4-7(5)6/h2,5-8H,1,3-4H2/t5?,6-,7+. The SMILES string of the molecule is C=CC1[C@H]2CNC[C@@H]12. The van der Waals surface area contributed by atoms with Crippen LogP contribution in [0.15, 0.2) is 12.7 Å². The van der Waals surface area contributed by atoms with Gasteiger partial charge in [-0.1, -0.05) is 6.08 Å². The quantitative estimate of drug-likeness (QED) is 0.487. The fraction of sp³-hybridized carbons (Fsp3) is 0.714. The molecule has 1 unspecified atom stereocenters. The Hall–Kier alpha value is -0.300. The molecule has 0 aromatic heterocycles. The van der Waals surface area contributed by atoms with Crippen molar-refractivity contribution in [3.05, 3.63) is 12.7 Å². The van der Waals surface area contributed by atoms with Crippen molar-refractivity contribution < 1.29 is 0 Å². The monoisotopic (exact) mass is 109 g/mol. The van der Waals surface area contributed by atoms with Crippen LogP contribution in [0, 0.1) is 17.8 Å². The van der Waals surface area contributed by atoms with Crippen LogP contribution in [0.5, 0.6) is 0 Å². The summed E-state index contributed by atoms with van der Waals surface area (Å²) in [4.78, 5) is 0. The van der Waals surface area contributed by atoms with Crippen molar-refractivity contribution in [3.8, 4) is 0 Å². The Labute approximate surface area is 49.8 Å². The van der Waals surface area contributed by atoms with E-state index in [1.54, 1.807) is 0 Å². The van der Waals surface area contributed by atoms with Gasteiger partial charge < -0.3 is 5.32 Å². The third-order valence-electron chi connectivity index (χ3n) is 2.43. The topological polar surface area (TPSA) is 12.0 Å². The smallest absolute Gasteiger partial charge is 0.00113 e. The van der Waals surface area contributed by atoms with E-state index < -0.39 is 0 Å². The van der Waals surface area contributed by atoms with E-state index in [2.05, 4.69) is 18.0 Å². The second-order valence-corrected chi connectivity index (χ2v) is 2.80. The molecule has 0 spiro atoms. The van der Waals surface area contributed by atoms with Crippen molar-refractivity contribution in [2.45, 2.75) is 0 Å². The number of hydrogen-bond donors (Lipinski definition) is 1. The van der Waals surface area contributed by atoms with Gasteiger partial charge >= 0.3 is 0 Å². The third kappa shape index (κ3) is 0.402. The highest BCUT2D eigenvalue weighted by atomic mass is 15.0.